The number of nitrogens with zero attached hydrogens (tertiary/aromatic N) is 3. The standard InChI is InChI=1S/C19H16ClF4N5OS/c1-10(17(30)26-12-6-7-14(20)13(9-12)19(22,23)24)31-18-28-27-16(29(18)25)8-11-4-2-3-5-15(11)21/h2-7,9-10H,8,25H2,1H3,(H,26,30)/t10-/m0/s1. The Labute approximate surface area is 183 Å². The van der Waals surface area contributed by atoms with E-state index in [1.807, 2.05) is 0 Å². The molecule has 0 saturated carbocycles. The Morgan fingerprint density at radius 3 is 2.65 bits per heavy atom. The highest BCUT2D eigenvalue weighted by Gasteiger charge is 2.33. The van der Waals surface area contributed by atoms with Gasteiger partial charge in [0.1, 0.15) is 5.82 Å². The van der Waals surface area contributed by atoms with Crippen LogP contribution < -0.4 is 11.2 Å². The van der Waals surface area contributed by atoms with Crippen LogP contribution >= 0.6 is 23.4 Å². The van der Waals surface area contributed by atoms with Gasteiger partial charge in [-0.1, -0.05) is 41.6 Å². The first kappa shape index (κ1) is 22.9. The number of carbonyl (C=O) groups is 1. The summed E-state index contributed by atoms with van der Waals surface area (Å²) in [5.41, 5.74) is -0.720. The molecule has 3 rings (SSSR count). The van der Waals surface area contributed by atoms with Gasteiger partial charge in [0, 0.05) is 12.1 Å². The Balaban J connectivity index is 1.68. The van der Waals surface area contributed by atoms with Gasteiger partial charge in [-0.25, -0.2) is 9.07 Å². The summed E-state index contributed by atoms with van der Waals surface area (Å²) in [6, 6.07) is 9.23. The molecule has 3 N–H and O–H groups in total. The summed E-state index contributed by atoms with van der Waals surface area (Å²) < 4.78 is 53.9. The van der Waals surface area contributed by atoms with Crippen molar-refractivity contribution in [1.82, 2.24) is 14.9 Å². The lowest BCUT2D eigenvalue weighted by atomic mass is 10.1. The number of nitrogens with two attached hydrogens (primary N) is 1. The van der Waals surface area contributed by atoms with Crippen LogP contribution in [0.4, 0.5) is 23.2 Å². The summed E-state index contributed by atoms with van der Waals surface area (Å²) in [4.78, 5) is 12.4. The molecule has 0 fully saturated rings. The van der Waals surface area contributed by atoms with E-state index in [9.17, 15) is 22.4 Å². The highest BCUT2D eigenvalue weighted by molar-refractivity contribution is 8.00. The molecule has 2 aromatic carbocycles. The van der Waals surface area contributed by atoms with E-state index in [0.29, 0.717) is 5.56 Å². The van der Waals surface area contributed by atoms with Crippen molar-refractivity contribution < 1.29 is 22.4 Å². The molecule has 1 amide bonds. The van der Waals surface area contributed by atoms with Gasteiger partial charge in [0.15, 0.2) is 5.82 Å². The summed E-state index contributed by atoms with van der Waals surface area (Å²) in [6.45, 7) is 1.53. The second kappa shape index (κ2) is 9.15. The largest absolute Gasteiger partial charge is 0.417 e. The molecule has 0 aliphatic carbocycles. The third kappa shape index (κ3) is 5.47. The molecule has 0 spiro atoms. The lowest BCUT2D eigenvalue weighted by molar-refractivity contribution is -0.137. The highest BCUT2D eigenvalue weighted by atomic mass is 35.5. The van der Waals surface area contributed by atoms with Crippen molar-refractivity contribution in [3.8, 4) is 0 Å². The Morgan fingerprint density at radius 1 is 1.26 bits per heavy atom. The van der Waals surface area contributed by atoms with Crippen molar-refractivity contribution >= 4 is 35.0 Å². The molecule has 0 radical (unpaired) electrons. The summed E-state index contributed by atoms with van der Waals surface area (Å²) in [7, 11) is 0. The minimum atomic E-state index is -4.65. The zero-order valence-electron chi connectivity index (χ0n) is 16.0. The second-order valence-corrected chi connectivity index (χ2v) is 8.19. The van der Waals surface area contributed by atoms with Crippen molar-refractivity contribution in [1.29, 1.82) is 0 Å². The van der Waals surface area contributed by atoms with Gasteiger partial charge in [-0.2, -0.15) is 13.2 Å². The number of nitrogens with one attached hydrogen (secondary N) is 1. The van der Waals surface area contributed by atoms with Crippen LogP contribution in [0.15, 0.2) is 47.6 Å². The predicted molar refractivity (Wildman–Crippen MR) is 110 cm³/mol. The summed E-state index contributed by atoms with van der Waals surface area (Å²) in [5.74, 6) is 5.27. The number of amides is 1. The maximum atomic E-state index is 13.8. The van der Waals surface area contributed by atoms with Gasteiger partial charge in [-0.15, -0.1) is 10.2 Å². The molecule has 6 nitrogen and oxygen atoms in total. The van der Waals surface area contributed by atoms with Gasteiger partial charge in [-0.3, -0.25) is 4.79 Å². The van der Waals surface area contributed by atoms with Crippen molar-refractivity contribution in [2.24, 2.45) is 0 Å². The molecule has 3 aromatic rings. The smallest absolute Gasteiger partial charge is 0.336 e. The summed E-state index contributed by atoms with van der Waals surface area (Å²) in [5, 5.41) is 9.21. The number of hydrogen-bond donors (Lipinski definition) is 2. The zero-order chi connectivity index (χ0) is 22.8. The van der Waals surface area contributed by atoms with Gasteiger partial charge in [0.05, 0.1) is 15.8 Å². The van der Waals surface area contributed by atoms with E-state index in [1.165, 1.54) is 19.1 Å². The SMILES string of the molecule is C[C@H](Sc1nnc(Cc2ccccc2F)n1N)C(=O)Nc1ccc(Cl)c(C(F)(F)F)c1. The van der Waals surface area contributed by atoms with Gasteiger partial charge in [0.25, 0.3) is 0 Å². The molecule has 1 aromatic heterocycles. The van der Waals surface area contributed by atoms with Crippen molar-refractivity contribution in [3.05, 3.63) is 70.3 Å². The van der Waals surface area contributed by atoms with Gasteiger partial charge in [-0.05, 0) is 36.8 Å². The molecule has 1 atom stereocenters. The normalized spacial score (nSPS) is 12.6. The Morgan fingerprint density at radius 2 is 1.97 bits per heavy atom. The molecule has 0 aliphatic heterocycles. The number of rotatable bonds is 6. The first-order chi connectivity index (χ1) is 14.6. The van der Waals surface area contributed by atoms with E-state index < -0.39 is 33.7 Å². The van der Waals surface area contributed by atoms with E-state index in [-0.39, 0.29) is 23.1 Å². The van der Waals surface area contributed by atoms with Crippen LogP contribution in [0.1, 0.15) is 23.9 Å². The van der Waals surface area contributed by atoms with Crippen LogP contribution in [0, 0.1) is 5.82 Å². The lowest BCUT2D eigenvalue weighted by Crippen LogP contribution is -2.24. The molecule has 0 bridgehead atoms. The topological polar surface area (TPSA) is 85.8 Å². The average Bonchev–Trinajstić information content (AvgIpc) is 3.03. The number of halogens is 5. The molecular weight excluding hydrogens is 458 g/mol. The number of carbonyl (C=O) groups excluding carboxylic acids is 1. The number of nitrogen functional groups attached to an aromatic ring is 1. The number of aromatic nitrogens is 3. The molecule has 0 aliphatic rings. The Kier molecular flexibility index (Phi) is 6.75. The first-order valence-electron chi connectivity index (χ1n) is 8.83. The molecule has 0 unspecified atom stereocenters. The van der Waals surface area contributed by atoms with E-state index >= 15 is 0 Å². The van der Waals surface area contributed by atoms with E-state index in [4.69, 9.17) is 17.4 Å². The fourth-order valence-corrected chi connectivity index (χ4v) is 3.61. The van der Waals surface area contributed by atoms with Gasteiger partial charge < -0.3 is 11.2 Å². The number of thioether (sulfide) groups is 1. The quantitative estimate of drug-likeness (QED) is 0.312. The number of benzene rings is 2. The van der Waals surface area contributed by atoms with Gasteiger partial charge >= 0.3 is 6.18 Å². The minimum Gasteiger partial charge on any atom is -0.336 e. The highest BCUT2D eigenvalue weighted by Crippen LogP contribution is 2.36. The Bertz CT molecular complexity index is 1110. The maximum Gasteiger partial charge on any atom is 0.417 e. The van der Waals surface area contributed by atoms with Crippen LogP contribution in [-0.2, 0) is 17.4 Å². The van der Waals surface area contributed by atoms with Crippen LogP contribution in [0.3, 0.4) is 0 Å². The molecule has 164 valence electrons. The maximum absolute atomic E-state index is 13.8. The lowest BCUT2D eigenvalue weighted by Gasteiger charge is -2.14. The first-order valence-corrected chi connectivity index (χ1v) is 10.1. The van der Waals surface area contributed by atoms with E-state index in [0.717, 1.165) is 28.6 Å². The van der Waals surface area contributed by atoms with Gasteiger partial charge in [0.2, 0.25) is 11.1 Å². The minimum absolute atomic E-state index is 0.0522. The van der Waals surface area contributed by atoms with Crippen molar-refractivity contribution in [2.45, 2.75) is 29.9 Å². The average molecular weight is 474 g/mol. The molecule has 1 heterocycles. The van der Waals surface area contributed by atoms with Crippen LogP contribution in [0.5, 0.6) is 0 Å². The number of hydrogen-bond acceptors (Lipinski definition) is 5. The second-order valence-electron chi connectivity index (χ2n) is 6.48. The Hall–Kier alpha value is -2.79. The summed E-state index contributed by atoms with van der Waals surface area (Å²) in [6.07, 6.45) is -4.55. The zero-order valence-corrected chi connectivity index (χ0v) is 17.5. The summed E-state index contributed by atoms with van der Waals surface area (Å²) >= 11 is 6.54. The van der Waals surface area contributed by atoms with E-state index in [2.05, 4.69) is 15.5 Å². The van der Waals surface area contributed by atoms with Crippen LogP contribution in [-0.4, -0.2) is 26.0 Å². The van der Waals surface area contributed by atoms with E-state index in [1.54, 1.807) is 18.2 Å². The van der Waals surface area contributed by atoms with Crippen molar-refractivity contribution in [2.75, 3.05) is 11.2 Å². The monoisotopic (exact) mass is 473 g/mol. The molecular formula is C19H16ClF4N5OS. The predicted octanol–water partition coefficient (Wildman–Crippen LogP) is 4.51. The number of anilines is 1. The third-order valence-electron chi connectivity index (χ3n) is 4.23. The molecule has 12 heteroatoms. The number of alkyl halides is 3. The third-order valence-corrected chi connectivity index (χ3v) is 5.62. The molecule has 0 saturated heterocycles. The fourth-order valence-electron chi connectivity index (χ4n) is 2.60. The van der Waals surface area contributed by atoms with Crippen LogP contribution in [0.2, 0.25) is 5.02 Å². The van der Waals surface area contributed by atoms with Crippen LogP contribution in [0.25, 0.3) is 0 Å². The van der Waals surface area contributed by atoms with Crippen molar-refractivity contribution in [3.63, 3.8) is 0 Å². The molecule has 31 heavy (non-hydrogen) atoms. The fraction of sp³-hybridized carbons (Fsp3) is 0.211.